The number of rotatable bonds is 6. The molecule has 1 atom stereocenters. The number of azo groups is 1. The van der Waals surface area contributed by atoms with Crippen LogP contribution in [-0.2, 0) is 9.59 Å². The molecule has 0 aromatic heterocycles. The standard InChI is InChI=1S/C17H13ClN2O4/c1-10(21)15(17(23)24)20-19-14-8-7-12(18)9-13(14)16(22)11-5-3-2-4-6-11/h2-9,15H,1H3,(H,23,24)/b20-19+. The fraction of sp³-hybridized carbons (Fsp3) is 0.118. The molecule has 24 heavy (non-hydrogen) atoms. The highest BCUT2D eigenvalue weighted by Crippen LogP contribution is 2.26. The van der Waals surface area contributed by atoms with Crippen molar-refractivity contribution in [3.8, 4) is 0 Å². The predicted molar refractivity (Wildman–Crippen MR) is 87.9 cm³/mol. The Morgan fingerprint density at radius 1 is 1.08 bits per heavy atom. The highest BCUT2D eigenvalue weighted by atomic mass is 35.5. The minimum absolute atomic E-state index is 0.140. The van der Waals surface area contributed by atoms with E-state index in [1.54, 1.807) is 30.3 Å². The molecule has 0 spiro atoms. The van der Waals surface area contributed by atoms with Crippen LogP contribution in [0.1, 0.15) is 22.8 Å². The first-order valence-electron chi connectivity index (χ1n) is 6.93. The number of carboxylic acid groups (broad SMARTS) is 1. The van der Waals surface area contributed by atoms with Crippen molar-refractivity contribution < 1.29 is 19.5 Å². The molecule has 0 aliphatic carbocycles. The van der Waals surface area contributed by atoms with Crippen LogP contribution in [0.25, 0.3) is 0 Å². The third kappa shape index (κ3) is 4.11. The molecule has 122 valence electrons. The molecule has 6 nitrogen and oxygen atoms in total. The van der Waals surface area contributed by atoms with Gasteiger partial charge >= 0.3 is 5.97 Å². The lowest BCUT2D eigenvalue weighted by Gasteiger charge is -2.06. The maximum absolute atomic E-state index is 12.6. The number of nitrogens with zero attached hydrogens (tertiary/aromatic N) is 2. The van der Waals surface area contributed by atoms with E-state index in [4.69, 9.17) is 16.7 Å². The zero-order chi connectivity index (χ0) is 17.7. The molecule has 0 heterocycles. The van der Waals surface area contributed by atoms with Crippen molar-refractivity contribution in [1.82, 2.24) is 0 Å². The Balaban J connectivity index is 2.43. The summed E-state index contributed by atoms with van der Waals surface area (Å²) < 4.78 is 0. The van der Waals surface area contributed by atoms with Crippen LogP contribution in [0, 0.1) is 0 Å². The molecule has 0 amide bonds. The summed E-state index contributed by atoms with van der Waals surface area (Å²) in [6, 6.07) is 11.3. The van der Waals surface area contributed by atoms with Crippen LogP contribution in [0.5, 0.6) is 0 Å². The third-order valence-corrected chi connectivity index (χ3v) is 3.37. The van der Waals surface area contributed by atoms with Crippen LogP contribution < -0.4 is 0 Å². The summed E-state index contributed by atoms with van der Waals surface area (Å²) in [7, 11) is 0. The maximum Gasteiger partial charge on any atom is 0.338 e. The molecule has 0 saturated carbocycles. The Hall–Kier alpha value is -2.86. The fourth-order valence-electron chi connectivity index (χ4n) is 1.95. The second kappa shape index (κ2) is 7.61. The highest BCUT2D eigenvalue weighted by Gasteiger charge is 2.22. The molecular weight excluding hydrogens is 332 g/mol. The molecular formula is C17H13ClN2O4. The van der Waals surface area contributed by atoms with Crippen LogP contribution in [-0.4, -0.2) is 28.7 Å². The van der Waals surface area contributed by atoms with Crippen molar-refractivity contribution in [2.45, 2.75) is 13.0 Å². The second-order valence-corrected chi connectivity index (χ2v) is 5.36. The Labute approximate surface area is 142 Å². The summed E-state index contributed by atoms with van der Waals surface area (Å²) in [5, 5.41) is 16.6. The van der Waals surface area contributed by atoms with E-state index in [0.29, 0.717) is 10.6 Å². The van der Waals surface area contributed by atoms with Crippen molar-refractivity contribution in [3.05, 3.63) is 64.7 Å². The van der Waals surface area contributed by atoms with Crippen LogP contribution in [0.15, 0.2) is 58.8 Å². The quantitative estimate of drug-likeness (QED) is 0.491. The van der Waals surface area contributed by atoms with Gasteiger partial charge in [-0.3, -0.25) is 9.59 Å². The van der Waals surface area contributed by atoms with Gasteiger partial charge in [-0.1, -0.05) is 41.9 Å². The van der Waals surface area contributed by atoms with Crippen LogP contribution in [0.2, 0.25) is 5.02 Å². The Kier molecular flexibility index (Phi) is 5.55. The highest BCUT2D eigenvalue weighted by molar-refractivity contribution is 6.31. The lowest BCUT2D eigenvalue weighted by atomic mass is 10.0. The van der Waals surface area contributed by atoms with E-state index in [0.717, 1.165) is 6.92 Å². The summed E-state index contributed by atoms with van der Waals surface area (Å²) in [5.74, 6) is -2.39. The number of carbonyl (C=O) groups excluding carboxylic acids is 2. The van der Waals surface area contributed by atoms with E-state index in [9.17, 15) is 14.4 Å². The number of ketones is 2. The van der Waals surface area contributed by atoms with Gasteiger partial charge in [0.15, 0.2) is 11.6 Å². The van der Waals surface area contributed by atoms with Crippen molar-refractivity contribution in [1.29, 1.82) is 0 Å². The van der Waals surface area contributed by atoms with Crippen LogP contribution >= 0.6 is 11.6 Å². The molecule has 7 heteroatoms. The Bertz CT molecular complexity index is 805. The maximum atomic E-state index is 12.6. The molecule has 0 fully saturated rings. The molecule has 0 aliphatic heterocycles. The lowest BCUT2D eigenvalue weighted by molar-refractivity contribution is -0.141. The van der Waals surface area contributed by atoms with E-state index in [1.165, 1.54) is 18.2 Å². The van der Waals surface area contributed by atoms with Gasteiger partial charge in [-0.05, 0) is 25.1 Å². The fourth-order valence-corrected chi connectivity index (χ4v) is 2.12. The monoisotopic (exact) mass is 344 g/mol. The number of hydrogen-bond acceptors (Lipinski definition) is 5. The molecule has 2 aromatic rings. The number of halogens is 1. The van der Waals surface area contributed by atoms with Crippen molar-refractivity contribution in [2.24, 2.45) is 10.2 Å². The van der Waals surface area contributed by atoms with Crippen molar-refractivity contribution >= 4 is 34.8 Å². The van der Waals surface area contributed by atoms with Crippen molar-refractivity contribution in [3.63, 3.8) is 0 Å². The summed E-state index contributed by atoms with van der Waals surface area (Å²) in [6.07, 6.45) is 0. The van der Waals surface area contributed by atoms with E-state index < -0.39 is 17.8 Å². The summed E-state index contributed by atoms with van der Waals surface area (Å²) in [4.78, 5) is 34.9. The average Bonchev–Trinajstić information content (AvgIpc) is 2.55. The van der Waals surface area contributed by atoms with Gasteiger partial charge in [0.05, 0.1) is 11.3 Å². The zero-order valence-electron chi connectivity index (χ0n) is 12.6. The van der Waals surface area contributed by atoms with E-state index in [-0.39, 0.29) is 17.0 Å². The van der Waals surface area contributed by atoms with Crippen LogP contribution in [0.4, 0.5) is 5.69 Å². The van der Waals surface area contributed by atoms with E-state index in [1.807, 2.05) is 0 Å². The number of benzene rings is 2. The SMILES string of the molecule is CC(=O)C(/N=N/c1ccc(Cl)cc1C(=O)c1ccccc1)C(=O)O. The molecule has 2 aromatic carbocycles. The minimum atomic E-state index is -1.61. The van der Waals surface area contributed by atoms with Gasteiger partial charge in [0.1, 0.15) is 0 Å². The Morgan fingerprint density at radius 2 is 1.75 bits per heavy atom. The first kappa shape index (κ1) is 17.5. The van der Waals surface area contributed by atoms with Gasteiger partial charge in [-0.2, -0.15) is 10.2 Å². The summed E-state index contributed by atoms with van der Waals surface area (Å²) >= 11 is 5.94. The first-order chi connectivity index (χ1) is 11.4. The molecule has 0 radical (unpaired) electrons. The number of aliphatic carboxylic acids is 1. The molecule has 0 saturated heterocycles. The molecule has 1 N–H and O–H groups in total. The van der Waals surface area contributed by atoms with Gasteiger partial charge < -0.3 is 5.11 Å². The van der Waals surface area contributed by atoms with Gasteiger partial charge in [0.25, 0.3) is 0 Å². The largest absolute Gasteiger partial charge is 0.479 e. The van der Waals surface area contributed by atoms with Gasteiger partial charge in [0.2, 0.25) is 6.04 Å². The molecule has 2 rings (SSSR count). The summed E-state index contributed by atoms with van der Waals surface area (Å²) in [6.45, 7) is 1.11. The van der Waals surface area contributed by atoms with Gasteiger partial charge in [0, 0.05) is 10.6 Å². The second-order valence-electron chi connectivity index (χ2n) is 4.92. The topological polar surface area (TPSA) is 96.2 Å². The molecule has 1 unspecified atom stereocenters. The minimum Gasteiger partial charge on any atom is -0.479 e. The third-order valence-electron chi connectivity index (χ3n) is 3.14. The number of hydrogen-bond donors (Lipinski definition) is 1. The van der Waals surface area contributed by atoms with E-state index in [2.05, 4.69) is 10.2 Å². The number of Topliss-reactive ketones (excluding diaryl/α,β-unsaturated/α-hetero) is 1. The van der Waals surface area contributed by atoms with Crippen LogP contribution in [0.3, 0.4) is 0 Å². The summed E-state index contributed by atoms with van der Waals surface area (Å²) in [5.41, 5.74) is 0.739. The molecule has 0 bridgehead atoms. The van der Waals surface area contributed by atoms with Gasteiger partial charge in [-0.25, -0.2) is 4.79 Å². The zero-order valence-corrected chi connectivity index (χ0v) is 13.4. The predicted octanol–water partition coefficient (Wildman–Crippen LogP) is 3.70. The molecule has 0 aliphatic rings. The van der Waals surface area contributed by atoms with E-state index >= 15 is 0 Å². The lowest BCUT2D eigenvalue weighted by Crippen LogP contribution is -2.25. The normalized spacial score (nSPS) is 12.1. The Morgan fingerprint density at radius 3 is 2.33 bits per heavy atom. The smallest absolute Gasteiger partial charge is 0.338 e. The van der Waals surface area contributed by atoms with Gasteiger partial charge in [-0.15, -0.1) is 0 Å². The van der Waals surface area contributed by atoms with Crippen molar-refractivity contribution in [2.75, 3.05) is 0 Å². The first-order valence-corrected chi connectivity index (χ1v) is 7.31. The number of carboxylic acids is 1. The average molecular weight is 345 g/mol. The number of carbonyl (C=O) groups is 3.